The molecular formula is C19H20O2S2. The number of hydrogen-bond donors (Lipinski definition) is 0. The highest BCUT2D eigenvalue weighted by Gasteiger charge is 2.23. The van der Waals surface area contributed by atoms with Crippen molar-refractivity contribution in [2.24, 2.45) is 0 Å². The third kappa shape index (κ3) is 4.85. The van der Waals surface area contributed by atoms with E-state index in [0.29, 0.717) is 10.5 Å². The molecule has 0 aliphatic carbocycles. The van der Waals surface area contributed by atoms with Gasteiger partial charge in [0.1, 0.15) is 24.7 Å². The lowest BCUT2D eigenvalue weighted by atomic mass is 10.0. The third-order valence-corrected chi connectivity index (χ3v) is 5.81. The Morgan fingerprint density at radius 1 is 0.696 bits per heavy atom. The van der Waals surface area contributed by atoms with Crippen molar-refractivity contribution >= 4 is 23.5 Å². The minimum atomic E-state index is 0.717. The summed E-state index contributed by atoms with van der Waals surface area (Å²) in [6.45, 7) is 1.68. The van der Waals surface area contributed by atoms with Gasteiger partial charge >= 0.3 is 0 Å². The van der Waals surface area contributed by atoms with Crippen LogP contribution in [0.2, 0.25) is 0 Å². The summed E-state index contributed by atoms with van der Waals surface area (Å²) in [7, 11) is 0. The summed E-state index contributed by atoms with van der Waals surface area (Å²) in [6, 6.07) is 16.9. The van der Waals surface area contributed by atoms with Gasteiger partial charge in [0.15, 0.2) is 0 Å². The Hall–Kier alpha value is -1.26. The van der Waals surface area contributed by atoms with Gasteiger partial charge in [-0.25, -0.2) is 0 Å². The molecule has 2 saturated heterocycles. The monoisotopic (exact) mass is 344 g/mol. The highest BCUT2D eigenvalue weighted by Crippen LogP contribution is 2.31. The van der Waals surface area contributed by atoms with Gasteiger partial charge in [-0.15, -0.1) is 0 Å². The van der Waals surface area contributed by atoms with Gasteiger partial charge in [0.25, 0.3) is 0 Å². The summed E-state index contributed by atoms with van der Waals surface area (Å²) in [5.41, 5.74) is 2.61. The van der Waals surface area contributed by atoms with Crippen LogP contribution < -0.4 is 9.47 Å². The highest BCUT2D eigenvalue weighted by atomic mass is 32.2. The molecule has 2 unspecified atom stereocenters. The first-order valence-electron chi connectivity index (χ1n) is 8.02. The van der Waals surface area contributed by atoms with E-state index in [4.69, 9.17) is 9.47 Å². The summed E-state index contributed by atoms with van der Waals surface area (Å²) in [5.74, 6) is 4.44. The van der Waals surface area contributed by atoms with Crippen molar-refractivity contribution in [3.05, 3.63) is 59.7 Å². The van der Waals surface area contributed by atoms with Gasteiger partial charge in [-0.05, 0) is 41.8 Å². The van der Waals surface area contributed by atoms with Crippen LogP contribution in [0, 0.1) is 0 Å². The van der Waals surface area contributed by atoms with Gasteiger partial charge in [0.05, 0.1) is 0 Å². The van der Waals surface area contributed by atoms with E-state index in [1.807, 2.05) is 23.5 Å². The molecule has 0 saturated carbocycles. The van der Waals surface area contributed by atoms with Crippen LogP contribution in [0.15, 0.2) is 48.5 Å². The molecule has 0 amide bonds. The van der Waals surface area contributed by atoms with E-state index >= 15 is 0 Å². The molecule has 2 aliphatic heterocycles. The fraction of sp³-hybridized carbons (Fsp3) is 0.368. The summed E-state index contributed by atoms with van der Waals surface area (Å²) >= 11 is 3.93. The first-order valence-corrected chi connectivity index (χ1v) is 10.1. The van der Waals surface area contributed by atoms with Crippen LogP contribution in [0.25, 0.3) is 0 Å². The number of hydrogen-bond acceptors (Lipinski definition) is 4. The standard InChI is InChI=1S/C19H20O2S2/c1-5-16(20-10-18-12-22-18)6-2-14(1)9-15-3-7-17(8-4-15)21-11-19-13-23-19/h1-8,18-19H,9-13H2. The Labute approximate surface area is 146 Å². The maximum absolute atomic E-state index is 5.76. The molecule has 0 aromatic heterocycles. The quantitative estimate of drug-likeness (QED) is 0.666. The first-order chi connectivity index (χ1) is 11.3. The highest BCUT2D eigenvalue weighted by molar-refractivity contribution is 8.07. The number of ether oxygens (including phenoxy) is 2. The molecule has 2 aliphatic rings. The van der Waals surface area contributed by atoms with Crippen LogP contribution in [-0.2, 0) is 6.42 Å². The van der Waals surface area contributed by atoms with Gasteiger partial charge in [-0.1, -0.05) is 24.3 Å². The second kappa shape index (κ2) is 7.10. The molecule has 0 N–H and O–H groups in total. The molecular weight excluding hydrogens is 324 g/mol. The van der Waals surface area contributed by atoms with E-state index < -0.39 is 0 Å². The second-order valence-electron chi connectivity index (χ2n) is 6.00. The number of thioether (sulfide) groups is 2. The molecule has 0 radical (unpaired) electrons. The average Bonchev–Trinajstić information content (AvgIpc) is 3.48. The van der Waals surface area contributed by atoms with Gasteiger partial charge < -0.3 is 9.47 Å². The first kappa shape index (κ1) is 15.3. The maximum atomic E-state index is 5.76. The van der Waals surface area contributed by atoms with Crippen molar-refractivity contribution in [1.29, 1.82) is 0 Å². The van der Waals surface area contributed by atoms with Crippen molar-refractivity contribution in [1.82, 2.24) is 0 Å². The Morgan fingerprint density at radius 2 is 1.09 bits per heavy atom. The van der Waals surface area contributed by atoms with Gasteiger partial charge in [0, 0.05) is 22.0 Å². The Bertz CT molecular complexity index is 574. The normalized spacial score (nSPS) is 21.7. The summed E-state index contributed by atoms with van der Waals surface area (Å²) in [5, 5.41) is 1.43. The van der Waals surface area contributed by atoms with E-state index in [9.17, 15) is 0 Å². The lowest BCUT2D eigenvalue weighted by Crippen LogP contribution is -2.03. The Morgan fingerprint density at radius 3 is 1.43 bits per heavy atom. The molecule has 2 aromatic rings. The predicted octanol–water partition coefficient (Wildman–Crippen LogP) is 4.27. The minimum Gasteiger partial charge on any atom is -0.492 e. The van der Waals surface area contributed by atoms with E-state index in [0.717, 1.165) is 31.1 Å². The molecule has 2 nitrogen and oxygen atoms in total. The van der Waals surface area contributed by atoms with E-state index in [2.05, 4.69) is 48.5 Å². The van der Waals surface area contributed by atoms with Crippen LogP contribution in [0.3, 0.4) is 0 Å². The lowest BCUT2D eigenvalue weighted by molar-refractivity contribution is 0.330. The zero-order valence-corrected chi connectivity index (χ0v) is 14.6. The smallest absolute Gasteiger partial charge is 0.119 e. The number of rotatable bonds is 8. The topological polar surface area (TPSA) is 18.5 Å². The predicted molar refractivity (Wildman–Crippen MR) is 99.2 cm³/mol. The molecule has 0 bridgehead atoms. The summed E-state index contributed by atoms with van der Waals surface area (Å²) < 4.78 is 11.5. The fourth-order valence-electron chi connectivity index (χ4n) is 2.35. The van der Waals surface area contributed by atoms with Crippen molar-refractivity contribution < 1.29 is 9.47 Å². The molecule has 2 heterocycles. The second-order valence-corrected chi connectivity index (χ2v) is 8.66. The molecule has 0 spiro atoms. The molecule has 2 atom stereocenters. The number of benzene rings is 2. The maximum Gasteiger partial charge on any atom is 0.119 e. The SMILES string of the molecule is c1cc(OCC2CS2)ccc1Cc1ccc(OCC2CS2)cc1. The van der Waals surface area contributed by atoms with Crippen LogP contribution in [0.5, 0.6) is 11.5 Å². The molecule has 120 valence electrons. The van der Waals surface area contributed by atoms with E-state index in [-0.39, 0.29) is 0 Å². The summed E-state index contributed by atoms with van der Waals surface area (Å²) in [6.07, 6.45) is 0.942. The van der Waals surface area contributed by atoms with Gasteiger partial charge in [-0.3, -0.25) is 0 Å². The molecule has 4 heteroatoms. The molecule has 23 heavy (non-hydrogen) atoms. The van der Waals surface area contributed by atoms with Crippen LogP contribution in [0.1, 0.15) is 11.1 Å². The van der Waals surface area contributed by atoms with Gasteiger partial charge in [0.2, 0.25) is 0 Å². The minimum absolute atomic E-state index is 0.717. The summed E-state index contributed by atoms with van der Waals surface area (Å²) in [4.78, 5) is 0. The molecule has 2 fully saturated rings. The molecule has 2 aromatic carbocycles. The van der Waals surface area contributed by atoms with Crippen molar-refractivity contribution in [3.8, 4) is 11.5 Å². The Kier molecular flexibility index (Phi) is 4.72. The van der Waals surface area contributed by atoms with Crippen molar-refractivity contribution in [2.75, 3.05) is 24.7 Å². The zero-order valence-electron chi connectivity index (χ0n) is 12.9. The van der Waals surface area contributed by atoms with Gasteiger partial charge in [-0.2, -0.15) is 23.5 Å². The largest absolute Gasteiger partial charge is 0.492 e. The zero-order chi connectivity index (χ0) is 15.5. The van der Waals surface area contributed by atoms with E-state index in [1.165, 1.54) is 22.6 Å². The van der Waals surface area contributed by atoms with Crippen LogP contribution in [-0.4, -0.2) is 35.2 Å². The fourth-order valence-corrected chi connectivity index (χ4v) is 3.14. The third-order valence-electron chi connectivity index (χ3n) is 3.93. The van der Waals surface area contributed by atoms with E-state index in [1.54, 1.807) is 0 Å². The molecule has 4 rings (SSSR count). The Balaban J connectivity index is 1.29. The average molecular weight is 345 g/mol. The van der Waals surface area contributed by atoms with Crippen LogP contribution in [0.4, 0.5) is 0 Å². The lowest BCUT2D eigenvalue weighted by Gasteiger charge is -2.08. The van der Waals surface area contributed by atoms with Crippen LogP contribution >= 0.6 is 23.5 Å². The van der Waals surface area contributed by atoms with Crippen molar-refractivity contribution in [3.63, 3.8) is 0 Å². The van der Waals surface area contributed by atoms with Crippen molar-refractivity contribution in [2.45, 2.75) is 16.9 Å².